The number of halogens is 1. The molecule has 0 aliphatic heterocycles. The number of phenols is 1. The molecule has 3 heteroatoms. The molecule has 0 radical (unpaired) electrons. The van der Waals surface area contributed by atoms with Gasteiger partial charge in [0.2, 0.25) is 0 Å². The predicted molar refractivity (Wildman–Crippen MR) is 71.3 cm³/mol. The van der Waals surface area contributed by atoms with Gasteiger partial charge in [-0.2, -0.15) is 0 Å². The van der Waals surface area contributed by atoms with Gasteiger partial charge in [-0.1, -0.05) is 24.3 Å². The molecular formula is C14H13BrO2. The van der Waals surface area contributed by atoms with Gasteiger partial charge in [-0.15, -0.1) is 0 Å². The second-order valence-corrected chi connectivity index (χ2v) is 4.69. The summed E-state index contributed by atoms with van der Waals surface area (Å²) in [5.74, 6) is 1.10. The Kier molecular flexibility index (Phi) is 3.69. The first-order valence-electron chi connectivity index (χ1n) is 5.32. The van der Waals surface area contributed by atoms with E-state index in [1.54, 1.807) is 6.07 Å². The van der Waals surface area contributed by atoms with Crippen molar-refractivity contribution in [2.45, 2.75) is 13.5 Å². The Labute approximate surface area is 109 Å². The number of ether oxygens (including phenoxy) is 1. The second kappa shape index (κ2) is 5.23. The fraction of sp³-hybridized carbons (Fsp3) is 0.143. The summed E-state index contributed by atoms with van der Waals surface area (Å²) in [6.45, 7) is 2.31. The summed E-state index contributed by atoms with van der Waals surface area (Å²) in [6, 6.07) is 13.3. The van der Waals surface area contributed by atoms with E-state index in [-0.39, 0.29) is 0 Å². The normalized spacial score (nSPS) is 10.2. The van der Waals surface area contributed by atoms with Gasteiger partial charge in [0.1, 0.15) is 18.1 Å². The Hall–Kier alpha value is -1.48. The molecule has 2 aromatic rings. The zero-order chi connectivity index (χ0) is 12.3. The lowest BCUT2D eigenvalue weighted by Gasteiger charge is -2.08. The SMILES string of the molecule is Cc1ccc(COc2ccccc2Br)cc1O. The van der Waals surface area contributed by atoms with Crippen LogP contribution in [-0.2, 0) is 6.61 Å². The lowest BCUT2D eigenvalue weighted by Crippen LogP contribution is -1.96. The maximum Gasteiger partial charge on any atom is 0.133 e. The molecule has 1 N–H and O–H groups in total. The topological polar surface area (TPSA) is 29.5 Å². The molecule has 2 rings (SSSR count). The lowest BCUT2D eigenvalue weighted by molar-refractivity contribution is 0.303. The molecule has 2 aromatic carbocycles. The molecule has 0 aliphatic rings. The van der Waals surface area contributed by atoms with E-state index in [1.165, 1.54) is 0 Å². The van der Waals surface area contributed by atoms with Crippen LogP contribution in [0, 0.1) is 6.92 Å². The first kappa shape index (κ1) is 12.0. The van der Waals surface area contributed by atoms with E-state index < -0.39 is 0 Å². The smallest absolute Gasteiger partial charge is 0.133 e. The van der Waals surface area contributed by atoms with Gasteiger partial charge in [0.05, 0.1) is 4.47 Å². The van der Waals surface area contributed by atoms with E-state index in [0.29, 0.717) is 12.4 Å². The summed E-state index contributed by atoms with van der Waals surface area (Å²) in [6.07, 6.45) is 0. The summed E-state index contributed by atoms with van der Waals surface area (Å²) >= 11 is 3.42. The Balaban J connectivity index is 2.08. The molecule has 0 saturated heterocycles. The number of rotatable bonds is 3. The van der Waals surface area contributed by atoms with Crippen molar-refractivity contribution in [3.8, 4) is 11.5 Å². The minimum absolute atomic E-state index is 0.304. The standard InChI is InChI=1S/C14H13BrO2/c1-10-6-7-11(8-13(10)16)9-17-14-5-3-2-4-12(14)15/h2-8,16H,9H2,1H3. The molecule has 0 fully saturated rings. The van der Waals surface area contributed by atoms with Crippen molar-refractivity contribution in [2.75, 3.05) is 0 Å². The quantitative estimate of drug-likeness (QED) is 0.925. The van der Waals surface area contributed by atoms with Crippen molar-refractivity contribution < 1.29 is 9.84 Å². The first-order valence-corrected chi connectivity index (χ1v) is 6.12. The van der Waals surface area contributed by atoms with Crippen molar-refractivity contribution in [1.82, 2.24) is 0 Å². The van der Waals surface area contributed by atoms with Crippen molar-refractivity contribution in [1.29, 1.82) is 0 Å². The summed E-state index contributed by atoms with van der Waals surface area (Å²) in [4.78, 5) is 0. The first-order chi connectivity index (χ1) is 8.16. The highest BCUT2D eigenvalue weighted by molar-refractivity contribution is 9.10. The number of aryl methyl sites for hydroxylation is 1. The number of hydrogen-bond donors (Lipinski definition) is 1. The van der Waals surface area contributed by atoms with Gasteiger partial charge < -0.3 is 9.84 Å². The predicted octanol–water partition coefficient (Wildman–Crippen LogP) is 4.04. The summed E-state index contributed by atoms with van der Waals surface area (Å²) in [5, 5.41) is 9.59. The van der Waals surface area contributed by atoms with Gasteiger partial charge in [-0.05, 0) is 52.2 Å². The fourth-order valence-electron chi connectivity index (χ4n) is 1.47. The number of phenolic OH excluding ortho intramolecular Hbond substituents is 1. The molecule has 17 heavy (non-hydrogen) atoms. The van der Waals surface area contributed by atoms with E-state index in [9.17, 15) is 5.11 Å². The van der Waals surface area contributed by atoms with Crippen LogP contribution in [0.25, 0.3) is 0 Å². The molecule has 88 valence electrons. The van der Waals surface area contributed by atoms with E-state index >= 15 is 0 Å². The molecule has 0 atom stereocenters. The largest absolute Gasteiger partial charge is 0.508 e. The van der Waals surface area contributed by atoms with Crippen LogP contribution in [0.1, 0.15) is 11.1 Å². The highest BCUT2D eigenvalue weighted by Gasteiger charge is 2.02. The fourth-order valence-corrected chi connectivity index (χ4v) is 1.87. The summed E-state index contributed by atoms with van der Waals surface area (Å²) < 4.78 is 6.59. The monoisotopic (exact) mass is 292 g/mol. The number of hydrogen-bond acceptors (Lipinski definition) is 2. The van der Waals surface area contributed by atoms with E-state index in [0.717, 1.165) is 21.3 Å². The van der Waals surface area contributed by atoms with Gasteiger partial charge >= 0.3 is 0 Å². The average Bonchev–Trinajstić information content (AvgIpc) is 2.32. The van der Waals surface area contributed by atoms with Crippen LogP contribution in [0.3, 0.4) is 0 Å². The molecule has 0 unspecified atom stereocenters. The van der Waals surface area contributed by atoms with Gasteiger partial charge in [0.15, 0.2) is 0 Å². The Morgan fingerprint density at radius 2 is 1.94 bits per heavy atom. The molecule has 0 amide bonds. The van der Waals surface area contributed by atoms with Crippen LogP contribution < -0.4 is 4.74 Å². The van der Waals surface area contributed by atoms with Crippen LogP contribution in [-0.4, -0.2) is 5.11 Å². The van der Waals surface area contributed by atoms with Crippen LogP contribution in [0.5, 0.6) is 11.5 Å². The highest BCUT2D eigenvalue weighted by Crippen LogP contribution is 2.25. The molecule has 0 spiro atoms. The molecule has 0 saturated carbocycles. The maximum atomic E-state index is 9.59. The molecule has 0 bridgehead atoms. The van der Waals surface area contributed by atoms with E-state index in [4.69, 9.17) is 4.74 Å². The zero-order valence-electron chi connectivity index (χ0n) is 9.48. The van der Waals surface area contributed by atoms with Crippen molar-refractivity contribution in [3.05, 3.63) is 58.1 Å². The number of benzene rings is 2. The minimum Gasteiger partial charge on any atom is -0.508 e. The number of aromatic hydroxyl groups is 1. The van der Waals surface area contributed by atoms with Crippen molar-refractivity contribution in [3.63, 3.8) is 0 Å². The summed E-state index contributed by atoms with van der Waals surface area (Å²) in [7, 11) is 0. The Bertz CT molecular complexity index is 523. The van der Waals surface area contributed by atoms with Gasteiger partial charge in [-0.25, -0.2) is 0 Å². The molecular weight excluding hydrogens is 280 g/mol. The van der Waals surface area contributed by atoms with Crippen LogP contribution in [0.4, 0.5) is 0 Å². The highest BCUT2D eigenvalue weighted by atomic mass is 79.9. The van der Waals surface area contributed by atoms with Crippen molar-refractivity contribution >= 4 is 15.9 Å². The number of para-hydroxylation sites is 1. The van der Waals surface area contributed by atoms with Crippen molar-refractivity contribution in [2.24, 2.45) is 0 Å². The maximum absolute atomic E-state index is 9.59. The third-order valence-electron chi connectivity index (χ3n) is 2.50. The van der Waals surface area contributed by atoms with E-state index in [1.807, 2.05) is 43.3 Å². The summed E-state index contributed by atoms with van der Waals surface area (Å²) in [5.41, 5.74) is 1.82. The molecule has 0 aromatic heterocycles. The van der Waals surface area contributed by atoms with Gasteiger partial charge in [-0.3, -0.25) is 0 Å². The molecule has 2 nitrogen and oxygen atoms in total. The lowest BCUT2D eigenvalue weighted by atomic mass is 10.1. The van der Waals surface area contributed by atoms with E-state index in [2.05, 4.69) is 15.9 Å². The third kappa shape index (κ3) is 3.01. The van der Waals surface area contributed by atoms with Crippen LogP contribution in [0.15, 0.2) is 46.9 Å². The zero-order valence-corrected chi connectivity index (χ0v) is 11.1. The van der Waals surface area contributed by atoms with Crippen LogP contribution in [0.2, 0.25) is 0 Å². The average molecular weight is 293 g/mol. The Morgan fingerprint density at radius 1 is 1.18 bits per heavy atom. The molecule has 0 aliphatic carbocycles. The minimum atomic E-state index is 0.304. The van der Waals surface area contributed by atoms with Gasteiger partial charge in [0.25, 0.3) is 0 Å². The van der Waals surface area contributed by atoms with Crippen LogP contribution >= 0.6 is 15.9 Å². The Morgan fingerprint density at radius 3 is 2.65 bits per heavy atom. The molecule has 0 heterocycles. The van der Waals surface area contributed by atoms with Gasteiger partial charge in [0, 0.05) is 0 Å². The second-order valence-electron chi connectivity index (χ2n) is 3.84. The third-order valence-corrected chi connectivity index (χ3v) is 3.16.